The first-order chi connectivity index (χ1) is 9.66. The molecular weight excluding hydrogens is 293 g/mol. The number of phenolic OH excluding ortho intramolecular Hbond substituents is 1. The number of benzene rings is 1. The Kier molecular flexibility index (Phi) is 5.17. The maximum absolute atomic E-state index is 13.1. The summed E-state index contributed by atoms with van der Waals surface area (Å²) in [7, 11) is 0. The van der Waals surface area contributed by atoms with Crippen molar-refractivity contribution >= 4 is 11.9 Å². The number of carbonyl (C=O) groups excluding carboxylic acids is 1. The summed E-state index contributed by atoms with van der Waals surface area (Å²) in [6.45, 7) is 1.35. The maximum Gasteiger partial charge on any atom is 0.396 e. The molecule has 0 saturated carbocycles. The first kappa shape index (κ1) is 16.8. The molecule has 2 N–H and O–H groups in total. The Morgan fingerprint density at radius 1 is 1.33 bits per heavy atom. The van der Waals surface area contributed by atoms with E-state index < -0.39 is 47.3 Å². The lowest BCUT2D eigenvalue weighted by atomic mass is 9.90. The number of carbonyl (C=O) groups is 2. The van der Waals surface area contributed by atoms with Crippen molar-refractivity contribution in [2.45, 2.75) is 25.4 Å². The number of phenols is 1. The van der Waals surface area contributed by atoms with E-state index in [4.69, 9.17) is 5.11 Å². The van der Waals surface area contributed by atoms with Gasteiger partial charge in [-0.1, -0.05) is 0 Å². The van der Waals surface area contributed by atoms with Gasteiger partial charge in [-0.2, -0.15) is 13.2 Å². The summed E-state index contributed by atoms with van der Waals surface area (Å²) >= 11 is 0. The average Bonchev–Trinajstić information content (AvgIpc) is 2.34. The van der Waals surface area contributed by atoms with Crippen LogP contribution < -0.4 is 0 Å². The summed E-state index contributed by atoms with van der Waals surface area (Å²) in [6, 6.07) is 2.52. The minimum atomic E-state index is -4.86. The third-order valence-electron chi connectivity index (χ3n) is 2.71. The van der Waals surface area contributed by atoms with E-state index >= 15 is 0 Å². The molecule has 116 valence electrons. The van der Waals surface area contributed by atoms with Crippen LogP contribution in [0, 0.1) is 0 Å². The van der Waals surface area contributed by atoms with Crippen LogP contribution >= 0.6 is 0 Å². The average molecular weight is 306 g/mol. The van der Waals surface area contributed by atoms with Gasteiger partial charge in [0.05, 0.1) is 24.5 Å². The van der Waals surface area contributed by atoms with Crippen LogP contribution in [-0.4, -0.2) is 34.9 Å². The number of carboxylic acids is 1. The van der Waals surface area contributed by atoms with Crippen LogP contribution in [0.15, 0.2) is 18.2 Å². The molecule has 1 atom stereocenters. The predicted molar refractivity (Wildman–Crippen MR) is 65.1 cm³/mol. The molecule has 1 rings (SSSR count). The Morgan fingerprint density at radius 2 is 1.95 bits per heavy atom. The van der Waals surface area contributed by atoms with Crippen molar-refractivity contribution < 1.29 is 37.7 Å². The first-order valence-electron chi connectivity index (χ1n) is 5.95. The van der Waals surface area contributed by atoms with Gasteiger partial charge in [0.15, 0.2) is 0 Å². The van der Waals surface area contributed by atoms with Gasteiger partial charge in [0.1, 0.15) is 5.75 Å². The largest absolute Gasteiger partial charge is 0.508 e. The zero-order chi connectivity index (χ0) is 16.2. The normalized spacial score (nSPS) is 12.8. The van der Waals surface area contributed by atoms with Gasteiger partial charge < -0.3 is 14.9 Å². The first-order valence-corrected chi connectivity index (χ1v) is 5.95. The summed E-state index contributed by atoms with van der Waals surface area (Å²) in [5.74, 6) is -5.56. The molecule has 0 radical (unpaired) electrons. The van der Waals surface area contributed by atoms with Crippen molar-refractivity contribution in [3.63, 3.8) is 0 Å². The van der Waals surface area contributed by atoms with Gasteiger partial charge >= 0.3 is 18.1 Å². The van der Waals surface area contributed by atoms with Crippen LogP contribution in [0.5, 0.6) is 5.75 Å². The third-order valence-corrected chi connectivity index (χ3v) is 2.71. The minimum absolute atomic E-state index is 0.0881. The molecule has 1 aromatic carbocycles. The zero-order valence-corrected chi connectivity index (χ0v) is 11.0. The van der Waals surface area contributed by atoms with E-state index in [1.165, 1.54) is 6.92 Å². The second-order valence-corrected chi connectivity index (χ2v) is 4.18. The molecule has 0 aliphatic rings. The zero-order valence-electron chi connectivity index (χ0n) is 11.0. The molecule has 0 saturated heterocycles. The summed E-state index contributed by atoms with van der Waals surface area (Å²) in [4.78, 5) is 22.3. The van der Waals surface area contributed by atoms with Gasteiger partial charge in [-0.3, -0.25) is 4.79 Å². The monoisotopic (exact) mass is 306 g/mol. The molecule has 0 aromatic heterocycles. The van der Waals surface area contributed by atoms with Crippen LogP contribution in [0.4, 0.5) is 13.2 Å². The number of aromatic hydroxyl groups is 1. The van der Waals surface area contributed by atoms with Gasteiger partial charge in [0.25, 0.3) is 0 Å². The van der Waals surface area contributed by atoms with Crippen molar-refractivity contribution in [3.8, 4) is 5.75 Å². The highest BCUT2D eigenvalue weighted by molar-refractivity contribution is 5.90. The molecule has 0 fully saturated rings. The Labute approximate surface area is 118 Å². The van der Waals surface area contributed by atoms with E-state index in [-0.39, 0.29) is 6.61 Å². The summed E-state index contributed by atoms with van der Waals surface area (Å²) in [5.41, 5.74) is -1.30. The highest BCUT2D eigenvalue weighted by atomic mass is 19.4. The molecule has 0 unspecified atom stereocenters. The van der Waals surface area contributed by atoms with Crippen molar-refractivity contribution in [2.24, 2.45) is 0 Å². The number of carboxylic acid groups (broad SMARTS) is 1. The smallest absolute Gasteiger partial charge is 0.396 e. The molecule has 1 aromatic rings. The fourth-order valence-corrected chi connectivity index (χ4v) is 1.82. The van der Waals surface area contributed by atoms with E-state index in [1.54, 1.807) is 0 Å². The molecule has 0 spiro atoms. The minimum Gasteiger partial charge on any atom is -0.508 e. The number of esters is 1. The van der Waals surface area contributed by atoms with Gasteiger partial charge in [-0.25, -0.2) is 4.79 Å². The number of hydrogen-bond donors (Lipinski definition) is 2. The molecule has 0 bridgehead atoms. The van der Waals surface area contributed by atoms with Crippen LogP contribution in [0.2, 0.25) is 0 Å². The molecular formula is C13H13F3O5. The molecule has 5 nitrogen and oxygen atoms in total. The topological polar surface area (TPSA) is 83.8 Å². The molecule has 21 heavy (non-hydrogen) atoms. The number of hydrogen-bond acceptors (Lipinski definition) is 4. The fraction of sp³-hybridized carbons (Fsp3) is 0.385. The van der Waals surface area contributed by atoms with E-state index in [2.05, 4.69) is 4.74 Å². The second-order valence-electron chi connectivity index (χ2n) is 4.18. The Morgan fingerprint density at radius 3 is 2.43 bits per heavy atom. The van der Waals surface area contributed by atoms with Crippen molar-refractivity contribution in [2.75, 3.05) is 6.61 Å². The number of rotatable bonds is 5. The number of alkyl halides is 3. The molecule has 0 amide bonds. The van der Waals surface area contributed by atoms with Crippen molar-refractivity contribution in [3.05, 3.63) is 29.3 Å². The van der Waals surface area contributed by atoms with Gasteiger partial charge in [0.2, 0.25) is 0 Å². The molecule has 0 aliphatic carbocycles. The fourth-order valence-electron chi connectivity index (χ4n) is 1.82. The van der Waals surface area contributed by atoms with Crippen molar-refractivity contribution in [1.29, 1.82) is 0 Å². The summed E-state index contributed by atoms with van der Waals surface area (Å²) in [5, 5.41) is 18.2. The summed E-state index contributed by atoms with van der Waals surface area (Å²) in [6.07, 6.45) is -5.91. The number of aromatic carboxylic acids is 1. The molecule has 0 aliphatic heterocycles. The third kappa shape index (κ3) is 4.37. The van der Waals surface area contributed by atoms with Gasteiger partial charge in [-0.05, 0) is 30.7 Å². The van der Waals surface area contributed by atoms with Crippen LogP contribution in [0.25, 0.3) is 0 Å². The van der Waals surface area contributed by atoms with E-state index in [1.807, 2.05) is 0 Å². The SMILES string of the molecule is CCOC(=O)C[C@H](c1cc(O)ccc1C(=O)O)C(F)(F)F. The van der Waals surface area contributed by atoms with E-state index in [9.17, 15) is 27.9 Å². The lowest BCUT2D eigenvalue weighted by Crippen LogP contribution is -2.26. The lowest BCUT2D eigenvalue weighted by molar-refractivity contribution is -0.166. The van der Waals surface area contributed by atoms with E-state index in [0.717, 1.165) is 12.1 Å². The van der Waals surface area contributed by atoms with Gasteiger partial charge in [0, 0.05) is 0 Å². The second kappa shape index (κ2) is 6.47. The number of halogens is 3. The Bertz CT molecular complexity index is 539. The lowest BCUT2D eigenvalue weighted by Gasteiger charge is -2.21. The van der Waals surface area contributed by atoms with Crippen LogP contribution in [0.3, 0.4) is 0 Å². The molecule has 0 heterocycles. The van der Waals surface area contributed by atoms with Crippen molar-refractivity contribution in [1.82, 2.24) is 0 Å². The molecule has 8 heteroatoms. The quantitative estimate of drug-likeness (QED) is 0.817. The standard InChI is InChI=1S/C13H13F3O5/c1-2-21-11(18)6-10(13(14,15)16)9-5-7(17)3-4-8(9)12(19)20/h3-5,10,17H,2,6H2,1H3,(H,19,20)/t10-/m1/s1. The predicted octanol–water partition coefficient (Wildman–Crippen LogP) is 2.69. The Balaban J connectivity index is 3.29. The number of ether oxygens (including phenoxy) is 1. The highest BCUT2D eigenvalue weighted by Gasteiger charge is 2.44. The Hall–Kier alpha value is -2.25. The van der Waals surface area contributed by atoms with Crippen LogP contribution in [0.1, 0.15) is 35.2 Å². The van der Waals surface area contributed by atoms with Crippen LogP contribution in [-0.2, 0) is 9.53 Å². The highest BCUT2D eigenvalue weighted by Crippen LogP contribution is 2.40. The van der Waals surface area contributed by atoms with E-state index in [0.29, 0.717) is 6.07 Å². The van der Waals surface area contributed by atoms with Gasteiger partial charge in [-0.15, -0.1) is 0 Å². The summed E-state index contributed by atoms with van der Waals surface area (Å²) < 4.78 is 43.8. The maximum atomic E-state index is 13.1.